The molecule has 41 heavy (non-hydrogen) atoms. The summed E-state index contributed by atoms with van der Waals surface area (Å²) in [5.41, 5.74) is -1.26. The summed E-state index contributed by atoms with van der Waals surface area (Å²) < 4.78 is 40.9. The molecule has 0 spiro atoms. The van der Waals surface area contributed by atoms with Crippen molar-refractivity contribution in [2.45, 2.75) is 63.8 Å². The minimum absolute atomic E-state index is 0.0848. The Kier molecular flexibility index (Phi) is 8.90. The number of aliphatic carboxylic acids is 1. The van der Waals surface area contributed by atoms with Crippen LogP contribution in [0.2, 0.25) is 10.0 Å². The molecule has 1 amide bonds. The molecule has 0 aliphatic carbocycles. The molecule has 0 radical (unpaired) electrons. The molecule has 6 nitrogen and oxygen atoms in total. The summed E-state index contributed by atoms with van der Waals surface area (Å²) in [4.78, 5) is 40.1. The fourth-order valence-corrected chi connectivity index (χ4v) is 6.03. The fraction of sp³-hybridized carbons (Fsp3) is 0.367. The molecule has 3 aromatic rings. The van der Waals surface area contributed by atoms with E-state index < -0.39 is 47.2 Å². The molecule has 11 heteroatoms. The quantitative estimate of drug-likeness (QED) is 0.293. The van der Waals surface area contributed by atoms with Crippen molar-refractivity contribution in [2.75, 3.05) is 0 Å². The first-order valence-corrected chi connectivity index (χ1v) is 13.8. The zero-order chi connectivity index (χ0) is 30.1. The number of aromatic nitrogens is 1. The van der Waals surface area contributed by atoms with Crippen molar-refractivity contribution < 1.29 is 27.9 Å². The van der Waals surface area contributed by atoms with Gasteiger partial charge in [-0.05, 0) is 61.2 Å². The summed E-state index contributed by atoms with van der Waals surface area (Å²) in [5, 5.41) is 10.7. The van der Waals surface area contributed by atoms with Crippen molar-refractivity contribution in [3.8, 4) is 0 Å². The molecule has 2 heterocycles. The van der Waals surface area contributed by atoms with E-state index in [0.717, 1.165) is 34.0 Å². The van der Waals surface area contributed by atoms with Crippen LogP contribution in [0.5, 0.6) is 0 Å². The third-order valence-electron chi connectivity index (χ3n) is 7.71. The normalized spacial score (nSPS) is 22.0. The zero-order valence-electron chi connectivity index (χ0n) is 22.4. The number of aryl methyl sites for hydroxylation is 1. The molecule has 4 rings (SSSR count). The molecule has 1 aliphatic heterocycles. The van der Waals surface area contributed by atoms with Crippen molar-refractivity contribution >= 4 is 35.1 Å². The summed E-state index contributed by atoms with van der Waals surface area (Å²) in [6, 6.07) is 14.6. The van der Waals surface area contributed by atoms with Crippen LogP contribution in [-0.4, -0.2) is 32.5 Å². The lowest BCUT2D eigenvalue weighted by atomic mass is 9.67. The first-order valence-electron chi connectivity index (χ1n) is 13.0. The second-order valence-electron chi connectivity index (χ2n) is 10.8. The van der Waals surface area contributed by atoms with E-state index in [4.69, 9.17) is 23.2 Å². The van der Waals surface area contributed by atoms with Crippen LogP contribution in [0.3, 0.4) is 0 Å². The largest absolute Gasteiger partial charge is 0.481 e. The van der Waals surface area contributed by atoms with Crippen LogP contribution in [0, 0.1) is 5.41 Å². The van der Waals surface area contributed by atoms with Crippen LogP contribution < -0.4 is 5.56 Å². The zero-order valence-corrected chi connectivity index (χ0v) is 23.9. The summed E-state index contributed by atoms with van der Waals surface area (Å²) in [6.45, 7) is 3.29. The summed E-state index contributed by atoms with van der Waals surface area (Å²) in [6.07, 6.45) is -3.89. The highest BCUT2D eigenvalue weighted by molar-refractivity contribution is 6.30. The summed E-state index contributed by atoms with van der Waals surface area (Å²) in [7, 11) is 0. The first-order chi connectivity index (χ1) is 19.2. The molecule has 2 aromatic carbocycles. The number of rotatable bonds is 8. The lowest BCUT2D eigenvalue weighted by Gasteiger charge is -2.51. The smallest absolute Gasteiger partial charge is 0.417 e. The van der Waals surface area contributed by atoms with Gasteiger partial charge in [-0.3, -0.25) is 14.4 Å². The predicted octanol–water partition coefficient (Wildman–Crippen LogP) is 7.19. The van der Waals surface area contributed by atoms with Crippen molar-refractivity contribution in [3.05, 3.63) is 104 Å². The molecule has 0 bridgehead atoms. The Bertz CT molecular complexity index is 1490. The van der Waals surface area contributed by atoms with Gasteiger partial charge in [0.2, 0.25) is 5.91 Å². The van der Waals surface area contributed by atoms with Crippen molar-refractivity contribution in [2.24, 2.45) is 5.41 Å². The number of alkyl halides is 3. The maximum Gasteiger partial charge on any atom is 0.417 e. The van der Waals surface area contributed by atoms with Gasteiger partial charge < -0.3 is 14.6 Å². The topological polar surface area (TPSA) is 79.6 Å². The number of carbonyl (C=O) groups excluding carboxylic acids is 1. The van der Waals surface area contributed by atoms with Crippen LogP contribution in [0.1, 0.15) is 61.8 Å². The number of nitrogens with zero attached hydrogens (tertiary/aromatic N) is 2. The van der Waals surface area contributed by atoms with Crippen LogP contribution in [0.15, 0.2) is 71.7 Å². The Morgan fingerprint density at radius 3 is 2.34 bits per heavy atom. The number of piperidine rings is 1. The average Bonchev–Trinajstić information content (AvgIpc) is 2.89. The van der Waals surface area contributed by atoms with Gasteiger partial charge >= 0.3 is 12.1 Å². The molecule has 1 N–H and O–H groups in total. The number of likely N-dealkylation sites (tertiary alicyclic amines) is 1. The number of amides is 1. The van der Waals surface area contributed by atoms with Crippen LogP contribution in [0.4, 0.5) is 13.2 Å². The van der Waals surface area contributed by atoms with E-state index >= 15 is 0 Å². The van der Waals surface area contributed by atoms with Gasteiger partial charge in [0.25, 0.3) is 5.56 Å². The number of halogens is 5. The van der Waals surface area contributed by atoms with E-state index in [1.54, 1.807) is 61.2 Å². The lowest BCUT2D eigenvalue weighted by Crippen LogP contribution is -2.55. The second kappa shape index (κ2) is 11.9. The molecular formula is C30H29Cl2F3N2O4. The molecule has 1 aromatic heterocycles. The van der Waals surface area contributed by atoms with Gasteiger partial charge in [0.05, 0.1) is 23.4 Å². The highest BCUT2D eigenvalue weighted by Crippen LogP contribution is 2.52. The third-order valence-corrected chi connectivity index (χ3v) is 8.19. The van der Waals surface area contributed by atoms with Crippen molar-refractivity contribution in [3.63, 3.8) is 0 Å². The Morgan fingerprint density at radius 2 is 1.73 bits per heavy atom. The van der Waals surface area contributed by atoms with Crippen molar-refractivity contribution in [1.29, 1.82) is 0 Å². The second-order valence-corrected chi connectivity index (χ2v) is 11.7. The number of carbonyl (C=O) groups is 2. The number of benzene rings is 2. The molecule has 4 atom stereocenters. The highest BCUT2D eigenvalue weighted by atomic mass is 35.5. The van der Waals surface area contributed by atoms with E-state index in [-0.39, 0.29) is 31.2 Å². The molecule has 0 saturated carbocycles. The van der Waals surface area contributed by atoms with Crippen LogP contribution in [-0.2, 0) is 22.3 Å². The lowest BCUT2D eigenvalue weighted by molar-refractivity contribution is -0.160. The Labute approximate surface area is 245 Å². The molecule has 1 saturated heterocycles. The fourth-order valence-electron chi connectivity index (χ4n) is 5.70. The Hall–Kier alpha value is -3.30. The number of pyridine rings is 1. The maximum atomic E-state index is 14.2. The maximum absolute atomic E-state index is 14.2. The molecular weight excluding hydrogens is 580 g/mol. The average molecular weight is 609 g/mol. The SMILES string of the molecule is C[C@@H](CCn1cc(C(F)(F)F)ccc1=O)N1C(=O)[C@@](C)(CC(=O)O)C[C@H](c2cccc(Cl)c2)[C@H]1c1ccc(Cl)cc1. The number of hydrogen-bond acceptors (Lipinski definition) is 3. The van der Waals surface area contributed by atoms with E-state index in [9.17, 15) is 32.7 Å². The molecule has 1 aliphatic rings. The van der Waals surface area contributed by atoms with Gasteiger partial charge in [0, 0.05) is 40.8 Å². The Morgan fingerprint density at radius 1 is 1.05 bits per heavy atom. The summed E-state index contributed by atoms with van der Waals surface area (Å²) in [5.74, 6) is -1.88. The monoisotopic (exact) mass is 608 g/mol. The van der Waals surface area contributed by atoms with Crippen LogP contribution >= 0.6 is 23.2 Å². The molecule has 218 valence electrons. The minimum atomic E-state index is -4.62. The number of carboxylic acids is 1. The van der Waals surface area contributed by atoms with Gasteiger partial charge in [-0.1, -0.05) is 54.4 Å². The number of carboxylic acid groups (broad SMARTS) is 1. The van der Waals surface area contributed by atoms with Gasteiger partial charge in [0.15, 0.2) is 0 Å². The van der Waals surface area contributed by atoms with Gasteiger partial charge in [-0.2, -0.15) is 13.2 Å². The van der Waals surface area contributed by atoms with Crippen LogP contribution in [0.25, 0.3) is 0 Å². The van der Waals surface area contributed by atoms with Crippen molar-refractivity contribution in [1.82, 2.24) is 9.47 Å². The van der Waals surface area contributed by atoms with Gasteiger partial charge in [-0.25, -0.2) is 0 Å². The molecule has 1 fully saturated rings. The van der Waals surface area contributed by atoms with E-state index in [1.165, 1.54) is 0 Å². The standard InChI is InChI=1S/C30H29Cl2F3N2O4/c1-18(12-13-36-17-21(30(33,34)35)8-11-25(36)38)37-27(19-6-9-22(31)10-7-19)24(20-4-3-5-23(32)14-20)15-29(2,28(37)41)16-26(39)40/h3-11,14,17-18,24,27H,12-13,15-16H2,1-2H3,(H,39,40)/t18-,24+,27+,29+/m0/s1. The molecule has 0 unspecified atom stereocenters. The third kappa shape index (κ3) is 6.79. The first kappa shape index (κ1) is 30.7. The van der Waals surface area contributed by atoms with Gasteiger partial charge in [-0.15, -0.1) is 0 Å². The highest BCUT2D eigenvalue weighted by Gasteiger charge is 2.51. The van der Waals surface area contributed by atoms with E-state index in [0.29, 0.717) is 10.0 Å². The number of hydrogen-bond donors (Lipinski definition) is 1. The van der Waals surface area contributed by atoms with E-state index in [1.807, 2.05) is 6.07 Å². The summed E-state index contributed by atoms with van der Waals surface area (Å²) >= 11 is 12.5. The Balaban J connectivity index is 1.79. The predicted molar refractivity (Wildman–Crippen MR) is 150 cm³/mol. The minimum Gasteiger partial charge on any atom is -0.481 e. The van der Waals surface area contributed by atoms with Gasteiger partial charge in [0.1, 0.15) is 0 Å². The van der Waals surface area contributed by atoms with E-state index in [2.05, 4.69) is 0 Å².